The minimum Gasteiger partial charge on any atom is -0.465 e. The Morgan fingerprint density at radius 1 is 1.25 bits per heavy atom. The molecule has 0 radical (unpaired) electrons. The summed E-state index contributed by atoms with van der Waals surface area (Å²) in [5.41, 5.74) is 0.887. The van der Waals surface area contributed by atoms with Gasteiger partial charge in [0.25, 0.3) is 0 Å². The van der Waals surface area contributed by atoms with Crippen LogP contribution in [-0.4, -0.2) is 53.8 Å². The highest BCUT2D eigenvalue weighted by atomic mass is 16.5. The second kappa shape index (κ2) is 8.76. The van der Waals surface area contributed by atoms with Crippen LogP contribution in [0.15, 0.2) is 30.3 Å². The fourth-order valence-electron chi connectivity index (χ4n) is 2.48. The zero-order valence-electron chi connectivity index (χ0n) is 13.2. The van der Waals surface area contributed by atoms with Crippen molar-refractivity contribution in [1.82, 2.24) is 15.5 Å². The quantitative estimate of drug-likeness (QED) is 0.723. The maximum Gasteiger partial charge on any atom is 0.407 e. The Hall–Kier alpha value is -2.77. The molecule has 1 atom stereocenters. The predicted octanol–water partition coefficient (Wildman–Crippen LogP) is 1.17. The number of hydrogen-bond acceptors (Lipinski definition) is 4. The summed E-state index contributed by atoms with van der Waals surface area (Å²) in [6.07, 6.45) is -0.902. The van der Waals surface area contributed by atoms with E-state index in [4.69, 9.17) is 9.84 Å². The Balaban J connectivity index is 1.60. The van der Waals surface area contributed by atoms with Crippen molar-refractivity contribution in [1.29, 1.82) is 0 Å². The molecule has 24 heavy (non-hydrogen) atoms. The molecule has 0 aliphatic carbocycles. The molecule has 1 aromatic carbocycles. The minimum absolute atomic E-state index is 0.118. The van der Waals surface area contributed by atoms with Gasteiger partial charge in [-0.3, -0.25) is 4.79 Å². The molecule has 0 spiro atoms. The highest BCUT2D eigenvalue weighted by molar-refractivity contribution is 5.77. The van der Waals surface area contributed by atoms with Crippen molar-refractivity contribution in [2.45, 2.75) is 25.5 Å². The van der Waals surface area contributed by atoms with Crippen LogP contribution in [0.4, 0.5) is 9.59 Å². The van der Waals surface area contributed by atoms with Gasteiger partial charge in [0.1, 0.15) is 6.61 Å². The van der Waals surface area contributed by atoms with Gasteiger partial charge in [-0.25, -0.2) is 9.59 Å². The number of carboxylic acid groups (broad SMARTS) is 1. The van der Waals surface area contributed by atoms with E-state index in [0.29, 0.717) is 19.5 Å². The van der Waals surface area contributed by atoms with Gasteiger partial charge in [0.2, 0.25) is 5.91 Å². The molecular formula is C16H21N3O5. The Morgan fingerprint density at radius 2 is 2.00 bits per heavy atom. The Morgan fingerprint density at radius 3 is 2.71 bits per heavy atom. The van der Waals surface area contributed by atoms with Crippen molar-refractivity contribution in [2.24, 2.45) is 0 Å². The van der Waals surface area contributed by atoms with Gasteiger partial charge in [-0.05, 0) is 12.0 Å². The van der Waals surface area contributed by atoms with Crippen LogP contribution in [0.5, 0.6) is 0 Å². The molecule has 3 N–H and O–H groups in total. The predicted molar refractivity (Wildman–Crippen MR) is 85.4 cm³/mol. The summed E-state index contributed by atoms with van der Waals surface area (Å²) in [6, 6.07) is 9.08. The van der Waals surface area contributed by atoms with Gasteiger partial charge < -0.3 is 25.4 Å². The molecule has 1 aromatic rings. The van der Waals surface area contributed by atoms with Crippen LogP contribution in [-0.2, 0) is 16.1 Å². The minimum atomic E-state index is -1.09. The molecule has 1 aliphatic rings. The van der Waals surface area contributed by atoms with Crippen molar-refractivity contribution in [3.05, 3.63) is 35.9 Å². The molecular weight excluding hydrogens is 314 g/mol. The lowest BCUT2D eigenvalue weighted by molar-refractivity contribution is -0.130. The molecule has 0 unspecified atom stereocenters. The van der Waals surface area contributed by atoms with Crippen molar-refractivity contribution >= 4 is 18.1 Å². The first-order valence-corrected chi connectivity index (χ1v) is 7.76. The normalized spacial score (nSPS) is 16.5. The zero-order valence-corrected chi connectivity index (χ0v) is 13.2. The van der Waals surface area contributed by atoms with Gasteiger partial charge in [-0.15, -0.1) is 0 Å². The van der Waals surface area contributed by atoms with E-state index in [0.717, 1.165) is 5.56 Å². The lowest BCUT2D eigenvalue weighted by atomic mass is 10.2. The maximum atomic E-state index is 12.0. The number of carbonyl (C=O) groups is 3. The summed E-state index contributed by atoms with van der Waals surface area (Å²) >= 11 is 0. The summed E-state index contributed by atoms with van der Waals surface area (Å²) in [5.74, 6) is -0.118. The highest BCUT2D eigenvalue weighted by Crippen LogP contribution is 2.10. The molecule has 1 heterocycles. The van der Waals surface area contributed by atoms with E-state index in [1.54, 1.807) is 4.90 Å². The number of alkyl carbamates (subject to hydrolysis) is 1. The number of amides is 3. The van der Waals surface area contributed by atoms with Crippen LogP contribution in [0.25, 0.3) is 0 Å². The average Bonchev–Trinajstić information content (AvgIpc) is 3.01. The fraction of sp³-hybridized carbons (Fsp3) is 0.438. The molecule has 2 rings (SSSR count). The Labute approximate surface area is 139 Å². The van der Waals surface area contributed by atoms with Crippen molar-refractivity contribution < 1.29 is 24.2 Å². The Bertz CT molecular complexity index is 578. The number of hydrogen-bond donors (Lipinski definition) is 3. The highest BCUT2D eigenvalue weighted by Gasteiger charge is 2.26. The van der Waals surface area contributed by atoms with Gasteiger partial charge >= 0.3 is 12.2 Å². The molecule has 0 aromatic heterocycles. The molecule has 0 saturated carbocycles. The second-order valence-electron chi connectivity index (χ2n) is 5.51. The van der Waals surface area contributed by atoms with Crippen LogP contribution < -0.4 is 10.6 Å². The summed E-state index contributed by atoms with van der Waals surface area (Å²) < 4.78 is 5.05. The summed E-state index contributed by atoms with van der Waals surface area (Å²) in [7, 11) is 0. The smallest absolute Gasteiger partial charge is 0.407 e. The van der Waals surface area contributed by atoms with Crippen LogP contribution in [0.3, 0.4) is 0 Å². The maximum absolute atomic E-state index is 12.0. The number of carbonyl (C=O) groups excluding carboxylic acids is 2. The molecule has 8 nitrogen and oxygen atoms in total. The number of rotatable bonds is 6. The first kappa shape index (κ1) is 17.6. The van der Waals surface area contributed by atoms with E-state index in [1.807, 2.05) is 30.3 Å². The van der Waals surface area contributed by atoms with E-state index < -0.39 is 12.2 Å². The number of likely N-dealkylation sites (tertiary alicyclic amines) is 1. The molecule has 3 amide bonds. The molecule has 1 fully saturated rings. The molecule has 0 bridgehead atoms. The molecule has 8 heteroatoms. The molecule has 130 valence electrons. The van der Waals surface area contributed by atoms with Crippen LogP contribution in [0.1, 0.15) is 18.4 Å². The Kier molecular flexibility index (Phi) is 6.41. The fourth-order valence-corrected chi connectivity index (χ4v) is 2.48. The second-order valence-corrected chi connectivity index (χ2v) is 5.51. The summed E-state index contributed by atoms with van der Waals surface area (Å²) in [4.78, 5) is 35.7. The van der Waals surface area contributed by atoms with E-state index in [1.165, 1.54) is 0 Å². The molecule has 1 aliphatic heterocycles. The third-order valence-corrected chi connectivity index (χ3v) is 3.69. The summed E-state index contributed by atoms with van der Waals surface area (Å²) in [5, 5.41) is 13.6. The SMILES string of the molecule is O=C(O)N[C@@H]1CCN(C(=O)CCNC(=O)OCc2ccccc2)C1. The monoisotopic (exact) mass is 335 g/mol. The van der Waals surface area contributed by atoms with E-state index >= 15 is 0 Å². The zero-order chi connectivity index (χ0) is 17.4. The third-order valence-electron chi connectivity index (χ3n) is 3.69. The van der Waals surface area contributed by atoms with Crippen molar-refractivity contribution in [3.63, 3.8) is 0 Å². The first-order chi connectivity index (χ1) is 11.5. The van der Waals surface area contributed by atoms with E-state index in [-0.39, 0.29) is 31.5 Å². The third kappa shape index (κ3) is 5.79. The standard InChI is InChI=1S/C16H21N3O5/c20-14(19-9-7-13(10-19)18-15(21)22)6-8-17-16(23)24-11-12-4-2-1-3-5-12/h1-5,13,18H,6-11H2,(H,17,23)(H,21,22)/t13-/m1/s1. The van der Waals surface area contributed by atoms with E-state index in [2.05, 4.69) is 10.6 Å². The van der Waals surface area contributed by atoms with Crippen LogP contribution >= 0.6 is 0 Å². The van der Waals surface area contributed by atoms with Gasteiger partial charge in [-0.1, -0.05) is 30.3 Å². The summed E-state index contributed by atoms with van der Waals surface area (Å²) in [6.45, 7) is 1.24. The van der Waals surface area contributed by atoms with Crippen LogP contribution in [0, 0.1) is 0 Å². The lowest BCUT2D eigenvalue weighted by Gasteiger charge is -2.16. The van der Waals surface area contributed by atoms with E-state index in [9.17, 15) is 14.4 Å². The number of ether oxygens (including phenoxy) is 1. The van der Waals surface area contributed by atoms with Crippen molar-refractivity contribution in [3.8, 4) is 0 Å². The number of nitrogens with one attached hydrogen (secondary N) is 2. The number of benzene rings is 1. The first-order valence-electron chi connectivity index (χ1n) is 7.76. The lowest BCUT2D eigenvalue weighted by Crippen LogP contribution is -2.38. The van der Waals surface area contributed by atoms with Crippen molar-refractivity contribution in [2.75, 3.05) is 19.6 Å². The van der Waals surface area contributed by atoms with Gasteiger partial charge in [0.15, 0.2) is 0 Å². The average molecular weight is 335 g/mol. The van der Waals surface area contributed by atoms with Gasteiger partial charge in [0, 0.05) is 26.1 Å². The number of nitrogens with zero attached hydrogens (tertiary/aromatic N) is 1. The largest absolute Gasteiger partial charge is 0.465 e. The van der Waals surface area contributed by atoms with Crippen LogP contribution in [0.2, 0.25) is 0 Å². The van der Waals surface area contributed by atoms with Gasteiger partial charge in [-0.2, -0.15) is 0 Å². The molecule has 1 saturated heterocycles. The topological polar surface area (TPSA) is 108 Å². The van der Waals surface area contributed by atoms with Gasteiger partial charge in [0.05, 0.1) is 6.04 Å².